The van der Waals surface area contributed by atoms with E-state index in [9.17, 15) is 10.1 Å². The predicted molar refractivity (Wildman–Crippen MR) is 90.2 cm³/mol. The van der Waals surface area contributed by atoms with Gasteiger partial charge in [0.1, 0.15) is 0 Å². The zero-order valence-corrected chi connectivity index (χ0v) is 13.6. The van der Waals surface area contributed by atoms with Crippen LogP contribution >= 0.6 is 0 Å². The maximum atomic E-state index is 10.6. The average Bonchev–Trinajstić information content (AvgIpc) is 2.50. The number of benzene rings is 1. The van der Waals surface area contributed by atoms with Crippen LogP contribution in [0.5, 0.6) is 0 Å². The number of nitro groups is 1. The maximum absolute atomic E-state index is 10.6. The van der Waals surface area contributed by atoms with Gasteiger partial charge in [-0.25, -0.2) is 0 Å². The van der Waals surface area contributed by atoms with Crippen molar-refractivity contribution in [2.24, 2.45) is 10.9 Å². The van der Waals surface area contributed by atoms with Gasteiger partial charge in [0, 0.05) is 32.3 Å². The van der Waals surface area contributed by atoms with Crippen molar-refractivity contribution in [1.82, 2.24) is 10.6 Å². The van der Waals surface area contributed by atoms with Gasteiger partial charge < -0.3 is 10.6 Å². The number of aryl methyl sites for hydroxylation is 1. The molecule has 0 unspecified atom stereocenters. The first-order valence-corrected chi connectivity index (χ1v) is 7.70. The third-order valence-electron chi connectivity index (χ3n) is 3.23. The Morgan fingerprint density at radius 1 is 1.23 bits per heavy atom. The van der Waals surface area contributed by atoms with Crippen LogP contribution in [0.4, 0.5) is 5.69 Å². The van der Waals surface area contributed by atoms with Crippen molar-refractivity contribution in [3.8, 4) is 0 Å². The summed E-state index contributed by atoms with van der Waals surface area (Å²) >= 11 is 0. The Morgan fingerprint density at radius 3 is 2.45 bits per heavy atom. The first kappa shape index (κ1) is 17.9. The summed E-state index contributed by atoms with van der Waals surface area (Å²) in [5, 5.41) is 17.1. The van der Waals surface area contributed by atoms with Crippen molar-refractivity contribution >= 4 is 11.6 Å². The van der Waals surface area contributed by atoms with Crippen LogP contribution in [0.25, 0.3) is 0 Å². The molecule has 0 saturated heterocycles. The second kappa shape index (κ2) is 9.76. The van der Waals surface area contributed by atoms with Crippen LogP contribution in [0.15, 0.2) is 29.3 Å². The van der Waals surface area contributed by atoms with E-state index in [0.29, 0.717) is 5.92 Å². The van der Waals surface area contributed by atoms with Crippen LogP contribution in [0, 0.1) is 16.0 Å². The van der Waals surface area contributed by atoms with Gasteiger partial charge >= 0.3 is 0 Å². The van der Waals surface area contributed by atoms with Crippen LogP contribution in [0.1, 0.15) is 32.3 Å². The molecule has 0 amide bonds. The van der Waals surface area contributed by atoms with Gasteiger partial charge in [-0.3, -0.25) is 15.1 Å². The second-order valence-electron chi connectivity index (χ2n) is 5.65. The van der Waals surface area contributed by atoms with E-state index in [2.05, 4.69) is 29.5 Å². The summed E-state index contributed by atoms with van der Waals surface area (Å²) < 4.78 is 0. The molecule has 0 saturated carbocycles. The number of guanidine groups is 1. The highest BCUT2D eigenvalue weighted by Crippen LogP contribution is 2.13. The predicted octanol–water partition coefficient (Wildman–Crippen LogP) is 2.74. The number of rotatable bonds is 8. The zero-order chi connectivity index (χ0) is 16.4. The summed E-state index contributed by atoms with van der Waals surface area (Å²) in [5.74, 6) is 1.42. The van der Waals surface area contributed by atoms with E-state index in [0.717, 1.165) is 43.9 Å². The normalized spacial score (nSPS) is 11.5. The van der Waals surface area contributed by atoms with E-state index in [1.54, 1.807) is 19.2 Å². The number of nitro benzene ring substituents is 1. The topological polar surface area (TPSA) is 79.6 Å². The summed E-state index contributed by atoms with van der Waals surface area (Å²) in [7, 11) is 1.77. The molecule has 0 aliphatic heterocycles. The quantitative estimate of drug-likeness (QED) is 0.254. The molecule has 122 valence electrons. The molecule has 0 bridgehead atoms. The average molecular weight is 306 g/mol. The lowest BCUT2D eigenvalue weighted by Gasteiger charge is -2.13. The third kappa shape index (κ3) is 7.06. The molecule has 0 aliphatic rings. The Kier molecular flexibility index (Phi) is 7.96. The van der Waals surface area contributed by atoms with Crippen LogP contribution in [-0.4, -0.2) is 31.0 Å². The molecule has 0 radical (unpaired) electrons. The highest BCUT2D eigenvalue weighted by atomic mass is 16.6. The molecular weight excluding hydrogens is 280 g/mol. The van der Waals surface area contributed by atoms with Crippen LogP contribution in [0.2, 0.25) is 0 Å². The fraction of sp³-hybridized carbons (Fsp3) is 0.562. The van der Waals surface area contributed by atoms with Crippen LogP contribution < -0.4 is 10.6 Å². The third-order valence-corrected chi connectivity index (χ3v) is 3.23. The van der Waals surface area contributed by atoms with Crippen molar-refractivity contribution in [3.05, 3.63) is 39.9 Å². The monoisotopic (exact) mass is 306 g/mol. The van der Waals surface area contributed by atoms with Gasteiger partial charge in [-0.15, -0.1) is 0 Å². The number of non-ortho nitro benzene ring substituents is 1. The Morgan fingerprint density at radius 2 is 1.91 bits per heavy atom. The highest BCUT2D eigenvalue weighted by Gasteiger charge is 2.03. The molecule has 0 aromatic heterocycles. The lowest BCUT2D eigenvalue weighted by molar-refractivity contribution is -0.384. The van der Waals surface area contributed by atoms with Gasteiger partial charge in [-0.2, -0.15) is 0 Å². The van der Waals surface area contributed by atoms with E-state index in [1.165, 1.54) is 0 Å². The Hall–Kier alpha value is -2.11. The molecule has 0 heterocycles. The molecular formula is C16H26N4O2. The largest absolute Gasteiger partial charge is 0.356 e. The molecule has 22 heavy (non-hydrogen) atoms. The van der Waals surface area contributed by atoms with Crippen molar-refractivity contribution in [2.45, 2.75) is 33.1 Å². The molecule has 0 atom stereocenters. The summed E-state index contributed by atoms with van der Waals surface area (Å²) in [6, 6.07) is 6.78. The second-order valence-corrected chi connectivity index (χ2v) is 5.65. The summed E-state index contributed by atoms with van der Waals surface area (Å²) in [6.07, 6.45) is 2.99. The summed E-state index contributed by atoms with van der Waals surface area (Å²) in [4.78, 5) is 14.4. The minimum atomic E-state index is -0.372. The lowest BCUT2D eigenvalue weighted by atomic mass is 10.1. The molecule has 1 rings (SSSR count). The number of nitrogens with zero attached hydrogens (tertiary/aromatic N) is 2. The number of hydrogen-bond donors (Lipinski definition) is 2. The summed E-state index contributed by atoms with van der Waals surface area (Å²) in [6.45, 7) is 6.09. The van der Waals surface area contributed by atoms with E-state index in [4.69, 9.17) is 0 Å². The van der Waals surface area contributed by atoms with Gasteiger partial charge in [0.25, 0.3) is 5.69 Å². The molecule has 6 nitrogen and oxygen atoms in total. The Bertz CT molecular complexity index is 483. The number of hydrogen-bond acceptors (Lipinski definition) is 3. The summed E-state index contributed by atoms with van der Waals surface area (Å²) in [5.41, 5.74) is 1.28. The minimum absolute atomic E-state index is 0.144. The van der Waals surface area contributed by atoms with E-state index in [1.807, 2.05) is 12.1 Å². The van der Waals surface area contributed by atoms with Crippen molar-refractivity contribution in [1.29, 1.82) is 0 Å². The van der Waals surface area contributed by atoms with Gasteiger partial charge in [0.15, 0.2) is 5.96 Å². The molecule has 1 aromatic carbocycles. The first-order chi connectivity index (χ1) is 10.5. The van der Waals surface area contributed by atoms with E-state index >= 15 is 0 Å². The standard InChI is InChI=1S/C16H26N4O2/c1-13(2)12-19-16(17-3)18-11-5-4-6-14-7-9-15(10-8-14)20(21)22/h7-10,13H,4-6,11-12H2,1-3H3,(H2,17,18,19). The number of nitrogens with one attached hydrogen (secondary N) is 2. The first-order valence-electron chi connectivity index (χ1n) is 7.70. The molecule has 0 fully saturated rings. The zero-order valence-electron chi connectivity index (χ0n) is 13.6. The van der Waals surface area contributed by atoms with Crippen LogP contribution in [-0.2, 0) is 6.42 Å². The lowest BCUT2D eigenvalue weighted by Crippen LogP contribution is -2.39. The van der Waals surface area contributed by atoms with Gasteiger partial charge in [0.05, 0.1) is 4.92 Å². The van der Waals surface area contributed by atoms with Crippen molar-refractivity contribution in [3.63, 3.8) is 0 Å². The van der Waals surface area contributed by atoms with Gasteiger partial charge in [0.2, 0.25) is 0 Å². The molecule has 0 spiro atoms. The van der Waals surface area contributed by atoms with Crippen molar-refractivity contribution in [2.75, 3.05) is 20.1 Å². The Labute approximate surface area is 132 Å². The van der Waals surface area contributed by atoms with Gasteiger partial charge in [-0.1, -0.05) is 26.0 Å². The van der Waals surface area contributed by atoms with E-state index in [-0.39, 0.29) is 10.6 Å². The number of aliphatic imine (C=N–C) groups is 1. The molecule has 0 aliphatic carbocycles. The minimum Gasteiger partial charge on any atom is -0.356 e. The van der Waals surface area contributed by atoms with Crippen molar-refractivity contribution < 1.29 is 4.92 Å². The SMILES string of the molecule is CN=C(NCCCCc1ccc([N+](=O)[O-])cc1)NCC(C)C. The highest BCUT2D eigenvalue weighted by molar-refractivity contribution is 5.79. The molecule has 2 N–H and O–H groups in total. The maximum Gasteiger partial charge on any atom is 0.269 e. The molecule has 1 aromatic rings. The smallest absolute Gasteiger partial charge is 0.269 e. The molecule has 6 heteroatoms. The van der Waals surface area contributed by atoms with Gasteiger partial charge in [-0.05, 0) is 30.7 Å². The van der Waals surface area contributed by atoms with Crippen LogP contribution in [0.3, 0.4) is 0 Å². The number of unbranched alkanes of at least 4 members (excludes halogenated alkanes) is 1. The van der Waals surface area contributed by atoms with E-state index < -0.39 is 0 Å². The fourth-order valence-corrected chi connectivity index (χ4v) is 1.97. The fourth-order valence-electron chi connectivity index (χ4n) is 1.97. The Balaban J connectivity index is 2.20.